The summed E-state index contributed by atoms with van der Waals surface area (Å²) < 4.78 is 6.51. The van der Waals surface area contributed by atoms with Gasteiger partial charge in [-0.1, -0.05) is 6.07 Å². The van der Waals surface area contributed by atoms with Crippen LogP contribution >= 0.6 is 15.9 Å². The molecule has 0 aliphatic heterocycles. The normalized spacial score (nSPS) is 9.71. The van der Waals surface area contributed by atoms with Crippen molar-refractivity contribution in [2.75, 3.05) is 0 Å². The molecule has 0 aliphatic carbocycles. The zero-order valence-electron chi connectivity index (χ0n) is 9.14. The van der Waals surface area contributed by atoms with Crippen molar-refractivity contribution >= 4 is 15.9 Å². The molecule has 0 fully saturated rings. The topological polar surface area (TPSA) is 45.9 Å². The van der Waals surface area contributed by atoms with E-state index in [-0.39, 0.29) is 0 Å². The van der Waals surface area contributed by atoms with E-state index in [4.69, 9.17) is 10.00 Å². The molecule has 0 radical (unpaired) electrons. The minimum absolute atomic E-state index is 0.458. The lowest BCUT2D eigenvalue weighted by molar-refractivity contribution is 0.475. The van der Waals surface area contributed by atoms with Gasteiger partial charge in [0, 0.05) is 6.20 Å². The summed E-state index contributed by atoms with van der Waals surface area (Å²) in [5, 5.41) is 8.94. The summed E-state index contributed by atoms with van der Waals surface area (Å²) in [5.74, 6) is 1.12. The molecule has 1 aromatic heterocycles. The number of pyridine rings is 1. The van der Waals surface area contributed by atoms with Gasteiger partial charge in [0.25, 0.3) is 0 Å². The molecule has 4 heteroatoms. The van der Waals surface area contributed by atoms with Gasteiger partial charge in [-0.2, -0.15) is 5.26 Å². The maximum atomic E-state index is 8.94. The Morgan fingerprint density at radius 3 is 2.82 bits per heavy atom. The van der Waals surface area contributed by atoms with E-state index in [0.29, 0.717) is 17.1 Å². The average Bonchev–Trinajstić information content (AvgIpc) is 2.33. The van der Waals surface area contributed by atoms with Crippen LogP contribution < -0.4 is 4.74 Å². The fourth-order valence-electron chi connectivity index (χ4n) is 1.36. The van der Waals surface area contributed by atoms with E-state index in [1.807, 2.05) is 25.1 Å². The van der Waals surface area contributed by atoms with Crippen LogP contribution in [0.3, 0.4) is 0 Å². The zero-order chi connectivity index (χ0) is 12.3. The number of hydrogen-bond acceptors (Lipinski definition) is 3. The SMILES string of the molecule is Cc1ccc(Oc2cnccc2C#N)c(Br)c1. The van der Waals surface area contributed by atoms with E-state index >= 15 is 0 Å². The van der Waals surface area contributed by atoms with Crippen molar-refractivity contribution in [3.63, 3.8) is 0 Å². The molecule has 84 valence electrons. The Hall–Kier alpha value is -1.86. The number of halogens is 1. The summed E-state index contributed by atoms with van der Waals surface area (Å²) in [5.41, 5.74) is 1.60. The first kappa shape index (κ1) is 11.6. The van der Waals surface area contributed by atoms with E-state index in [9.17, 15) is 0 Å². The summed E-state index contributed by atoms with van der Waals surface area (Å²) >= 11 is 3.42. The molecule has 0 unspecified atom stereocenters. The highest BCUT2D eigenvalue weighted by molar-refractivity contribution is 9.10. The first-order valence-corrected chi connectivity index (χ1v) is 5.78. The van der Waals surface area contributed by atoms with Gasteiger partial charge in [0.15, 0.2) is 5.75 Å². The third-order valence-electron chi connectivity index (χ3n) is 2.21. The highest BCUT2D eigenvalue weighted by Gasteiger charge is 2.07. The van der Waals surface area contributed by atoms with E-state index < -0.39 is 0 Å². The van der Waals surface area contributed by atoms with Gasteiger partial charge < -0.3 is 4.74 Å². The van der Waals surface area contributed by atoms with Crippen LogP contribution in [0.2, 0.25) is 0 Å². The Labute approximate surface area is 108 Å². The van der Waals surface area contributed by atoms with Crippen LogP contribution in [0.4, 0.5) is 0 Å². The van der Waals surface area contributed by atoms with Crippen molar-refractivity contribution in [3.8, 4) is 17.6 Å². The highest BCUT2D eigenvalue weighted by atomic mass is 79.9. The Balaban J connectivity index is 2.35. The molecule has 0 N–H and O–H groups in total. The summed E-state index contributed by atoms with van der Waals surface area (Å²) in [6, 6.07) is 9.45. The van der Waals surface area contributed by atoms with E-state index in [2.05, 4.69) is 27.0 Å². The lowest BCUT2D eigenvalue weighted by atomic mass is 10.2. The third kappa shape index (κ3) is 2.63. The monoisotopic (exact) mass is 288 g/mol. The van der Waals surface area contributed by atoms with Crippen LogP contribution in [0.15, 0.2) is 41.1 Å². The first-order valence-electron chi connectivity index (χ1n) is 4.99. The Bertz CT molecular complexity index is 590. The molecule has 17 heavy (non-hydrogen) atoms. The van der Waals surface area contributed by atoms with Gasteiger partial charge in [-0.15, -0.1) is 0 Å². The summed E-state index contributed by atoms with van der Waals surface area (Å²) in [7, 11) is 0. The molecule has 0 atom stereocenters. The van der Waals surface area contributed by atoms with Gasteiger partial charge in [-0.05, 0) is 46.6 Å². The molecule has 0 aliphatic rings. The van der Waals surface area contributed by atoms with E-state index in [1.54, 1.807) is 12.3 Å². The number of ether oxygens (including phenoxy) is 1. The number of benzene rings is 1. The van der Waals surface area contributed by atoms with Gasteiger partial charge in [0.05, 0.1) is 16.2 Å². The second-order valence-electron chi connectivity index (χ2n) is 3.52. The Kier molecular flexibility index (Phi) is 3.40. The number of aryl methyl sites for hydroxylation is 1. The smallest absolute Gasteiger partial charge is 0.163 e. The zero-order valence-corrected chi connectivity index (χ0v) is 10.7. The van der Waals surface area contributed by atoms with Gasteiger partial charge in [0.2, 0.25) is 0 Å². The first-order chi connectivity index (χ1) is 8.20. The molecular formula is C13H9BrN2O. The lowest BCUT2D eigenvalue weighted by Crippen LogP contribution is -1.90. The van der Waals surface area contributed by atoms with Crippen molar-refractivity contribution < 1.29 is 4.74 Å². The summed E-state index contributed by atoms with van der Waals surface area (Å²) in [6.07, 6.45) is 3.10. The van der Waals surface area contributed by atoms with Crippen LogP contribution in [0, 0.1) is 18.3 Å². The molecule has 1 aromatic carbocycles. The molecule has 3 nitrogen and oxygen atoms in total. The van der Waals surface area contributed by atoms with E-state index in [1.165, 1.54) is 6.20 Å². The largest absolute Gasteiger partial charge is 0.453 e. The number of hydrogen-bond donors (Lipinski definition) is 0. The second kappa shape index (κ2) is 4.98. The summed E-state index contributed by atoms with van der Waals surface area (Å²) in [4.78, 5) is 3.95. The van der Waals surface area contributed by atoms with Gasteiger partial charge in [-0.3, -0.25) is 4.98 Å². The highest BCUT2D eigenvalue weighted by Crippen LogP contribution is 2.31. The molecule has 0 saturated heterocycles. The predicted molar refractivity (Wildman–Crippen MR) is 67.9 cm³/mol. The van der Waals surface area contributed by atoms with Crippen molar-refractivity contribution in [2.45, 2.75) is 6.92 Å². The van der Waals surface area contributed by atoms with Crippen LogP contribution in [-0.4, -0.2) is 4.98 Å². The molecule has 0 bridgehead atoms. The Morgan fingerprint density at radius 2 is 2.12 bits per heavy atom. The van der Waals surface area contributed by atoms with Crippen molar-refractivity contribution in [3.05, 3.63) is 52.3 Å². The van der Waals surface area contributed by atoms with Gasteiger partial charge >= 0.3 is 0 Å². The minimum atomic E-state index is 0.458. The van der Waals surface area contributed by atoms with Crippen LogP contribution in [0.25, 0.3) is 0 Å². The molecule has 1 heterocycles. The van der Waals surface area contributed by atoms with Crippen molar-refractivity contribution in [1.29, 1.82) is 5.26 Å². The Morgan fingerprint density at radius 1 is 1.29 bits per heavy atom. The maximum Gasteiger partial charge on any atom is 0.163 e. The predicted octanol–water partition coefficient (Wildman–Crippen LogP) is 3.82. The molecule has 0 saturated carbocycles. The molecular weight excluding hydrogens is 280 g/mol. The standard InChI is InChI=1S/C13H9BrN2O/c1-9-2-3-12(11(14)6-9)17-13-8-16-5-4-10(13)7-15/h2-6,8H,1H3. The van der Waals surface area contributed by atoms with Crippen molar-refractivity contribution in [2.24, 2.45) is 0 Å². The van der Waals surface area contributed by atoms with Crippen LogP contribution in [-0.2, 0) is 0 Å². The summed E-state index contributed by atoms with van der Waals surface area (Å²) in [6.45, 7) is 2.00. The van der Waals surface area contributed by atoms with E-state index in [0.717, 1.165) is 10.0 Å². The minimum Gasteiger partial charge on any atom is -0.453 e. The quantitative estimate of drug-likeness (QED) is 0.844. The van der Waals surface area contributed by atoms with Crippen LogP contribution in [0.1, 0.15) is 11.1 Å². The fraction of sp³-hybridized carbons (Fsp3) is 0.0769. The van der Waals surface area contributed by atoms with Gasteiger partial charge in [-0.25, -0.2) is 0 Å². The molecule has 2 aromatic rings. The number of aromatic nitrogens is 1. The molecule has 0 spiro atoms. The maximum absolute atomic E-state index is 8.94. The van der Waals surface area contributed by atoms with Crippen LogP contribution in [0.5, 0.6) is 11.5 Å². The van der Waals surface area contributed by atoms with Crippen molar-refractivity contribution in [1.82, 2.24) is 4.98 Å². The number of nitriles is 1. The number of nitrogens with zero attached hydrogens (tertiary/aromatic N) is 2. The average molecular weight is 289 g/mol. The third-order valence-corrected chi connectivity index (χ3v) is 2.83. The lowest BCUT2D eigenvalue weighted by Gasteiger charge is -2.08. The van der Waals surface area contributed by atoms with Gasteiger partial charge in [0.1, 0.15) is 11.8 Å². The molecule has 2 rings (SSSR count). The fourth-order valence-corrected chi connectivity index (χ4v) is 1.93. The number of rotatable bonds is 2. The second-order valence-corrected chi connectivity index (χ2v) is 4.37. The molecule has 0 amide bonds.